The predicted octanol–water partition coefficient (Wildman–Crippen LogP) is 3.47. The second-order valence-electron chi connectivity index (χ2n) is 5.84. The van der Waals surface area contributed by atoms with E-state index in [2.05, 4.69) is 0 Å². The van der Waals surface area contributed by atoms with E-state index >= 15 is 0 Å². The van der Waals surface area contributed by atoms with E-state index < -0.39 is 22.5 Å². The third-order valence-corrected chi connectivity index (χ3v) is 5.97. The molecule has 2 heterocycles. The molecular weight excluding hydrogens is 378 g/mol. The van der Waals surface area contributed by atoms with Gasteiger partial charge in [-0.25, -0.2) is 4.31 Å². The second kappa shape index (κ2) is 7.22. The molecule has 3 N–H and O–H groups in total. The molecule has 1 aromatic heterocycles. The first-order valence-corrected chi connectivity index (χ1v) is 9.76. The van der Waals surface area contributed by atoms with E-state index in [4.69, 9.17) is 18.6 Å². The highest BCUT2D eigenvalue weighted by Gasteiger charge is 2.38. The molecule has 1 saturated heterocycles. The highest BCUT2D eigenvalue weighted by Crippen LogP contribution is 2.59. The Labute approximate surface area is 157 Å². The van der Waals surface area contributed by atoms with E-state index in [9.17, 15) is 19.0 Å². The van der Waals surface area contributed by atoms with E-state index in [-0.39, 0.29) is 29.7 Å². The number of carbonyl (C=O) groups is 1. The standard InChI is InChI=1S/C17H21NO8S/c1-10(19)25-16-14(20)15(13-11(23-2)6-4-7-12(13)24-3)26-17(16)18-8-5-9-27(18,21)22/h4,6-7,20-22H,5,8-9H2,1-3H3. The average Bonchev–Trinajstić information content (AvgIpc) is 3.13. The molecule has 0 atom stereocenters. The van der Waals surface area contributed by atoms with Gasteiger partial charge in [-0.3, -0.25) is 13.9 Å². The number of methoxy groups -OCH3 is 2. The van der Waals surface area contributed by atoms with Gasteiger partial charge in [0.2, 0.25) is 11.5 Å². The lowest BCUT2D eigenvalue weighted by Crippen LogP contribution is -2.22. The summed E-state index contributed by atoms with van der Waals surface area (Å²) < 4.78 is 43.3. The van der Waals surface area contributed by atoms with Crippen LogP contribution in [-0.2, 0) is 4.79 Å². The number of furan rings is 1. The number of ether oxygens (including phenoxy) is 3. The van der Waals surface area contributed by atoms with Gasteiger partial charge in [0, 0.05) is 13.5 Å². The first-order chi connectivity index (χ1) is 12.8. The maximum Gasteiger partial charge on any atom is 0.308 e. The molecule has 27 heavy (non-hydrogen) atoms. The van der Waals surface area contributed by atoms with E-state index in [1.807, 2.05) is 0 Å². The molecule has 10 heteroatoms. The van der Waals surface area contributed by atoms with Crippen molar-refractivity contribution in [3.05, 3.63) is 18.2 Å². The Morgan fingerprint density at radius 3 is 2.33 bits per heavy atom. The average molecular weight is 399 g/mol. The van der Waals surface area contributed by atoms with Crippen LogP contribution in [0.3, 0.4) is 0 Å². The van der Waals surface area contributed by atoms with Gasteiger partial charge in [0.05, 0.1) is 20.0 Å². The fourth-order valence-corrected chi connectivity index (χ4v) is 4.48. The van der Waals surface area contributed by atoms with E-state index in [0.29, 0.717) is 23.5 Å². The summed E-state index contributed by atoms with van der Waals surface area (Å²) in [5, 5.41) is 10.7. The first kappa shape index (κ1) is 19.2. The largest absolute Gasteiger partial charge is 0.502 e. The maximum atomic E-state index is 11.5. The van der Waals surface area contributed by atoms with Crippen LogP contribution in [0, 0.1) is 0 Å². The third-order valence-electron chi connectivity index (χ3n) is 4.08. The smallest absolute Gasteiger partial charge is 0.308 e. The van der Waals surface area contributed by atoms with Gasteiger partial charge in [0.1, 0.15) is 17.1 Å². The lowest BCUT2D eigenvalue weighted by molar-refractivity contribution is -0.132. The van der Waals surface area contributed by atoms with Crippen molar-refractivity contribution in [1.82, 2.24) is 0 Å². The van der Waals surface area contributed by atoms with Crippen LogP contribution < -0.4 is 18.5 Å². The Morgan fingerprint density at radius 2 is 1.85 bits per heavy atom. The normalized spacial score (nSPS) is 16.9. The fraction of sp³-hybridized carbons (Fsp3) is 0.353. The van der Waals surface area contributed by atoms with Crippen LogP contribution >= 0.6 is 10.8 Å². The minimum atomic E-state index is -3.14. The minimum Gasteiger partial charge on any atom is -0.502 e. The van der Waals surface area contributed by atoms with Crippen LogP contribution in [0.2, 0.25) is 0 Å². The van der Waals surface area contributed by atoms with Crippen molar-refractivity contribution in [2.24, 2.45) is 0 Å². The van der Waals surface area contributed by atoms with Crippen molar-refractivity contribution in [2.45, 2.75) is 13.3 Å². The Kier molecular flexibility index (Phi) is 5.13. The molecule has 0 saturated carbocycles. The molecule has 0 spiro atoms. The highest BCUT2D eigenvalue weighted by molar-refractivity contribution is 8.25. The molecule has 1 aliphatic rings. The highest BCUT2D eigenvalue weighted by atomic mass is 32.3. The lowest BCUT2D eigenvalue weighted by atomic mass is 10.1. The van der Waals surface area contributed by atoms with E-state index in [1.54, 1.807) is 18.2 Å². The monoisotopic (exact) mass is 399 g/mol. The molecule has 1 fully saturated rings. The Morgan fingerprint density at radius 1 is 1.22 bits per heavy atom. The Balaban J connectivity index is 2.23. The SMILES string of the molecule is COc1cccc(OC)c1-c1oc(N2CCCS2(O)O)c(OC(C)=O)c1O. The molecule has 0 unspecified atom stereocenters. The van der Waals surface area contributed by atoms with Gasteiger partial charge in [-0.2, -0.15) is 0 Å². The molecule has 1 aromatic carbocycles. The molecule has 0 aliphatic carbocycles. The van der Waals surface area contributed by atoms with Crippen molar-refractivity contribution in [1.29, 1.82) is 0 Å². The van der Waals surface area contributed by atoms with Crippen molar-refractivity contribution in [3.8, 4) is 34.3 Å². The lowest BCUT2D eigenvalue weighted by Gasteiger charge is -2.36. The number of hydrogen-bond acceptors (Lipinski definition) is 9. The third kappa shape index (κ3) is 3.38. The fourth-order valence-electron chi connectivity index (χ4n) is 2.93. The van der Waals surface area contributed by atoms with Gasteiger partial charge < -0.3 is 23.7 Å². The molecular formula is C17H21NO8S. The van der Waals surface area contributed by atoms with Crippen molar-refractivity contribution in [2.75, 3.05) is 30.8 Å². The number of aromatic hydroxyl groups is 1. The number of anilines is 1. The molecule has 0 radical (unpaired) electrons. The van der Waals surface area contributed by atoms with Gasteiger partial charge >= 0.3 is 5.97 Å². The van der Waals surface area contributed by atoms with E-state index in [1.165, 1.54) is 25.4 Å². The summed E-state index contributed by atoms with van der Waals surface area (Å²) in [5.74, 6) is -0.791. The van der Waals surface area contributed by atoms with Gasteiger partial charge in [0.25, 0.3) is 5.88 Å². The number of esters is 1. The molecule has 0 bridgehead atoms. The van der Waals surface area contributed by atoms with Crippen molar-refractivity contribution >= 4 is 22.6 Å². The summed E-state index contributed by atoms with van der Waals surface area (Å²) >= 11 is 0. The van der Waals surface area contributed by atoms with Crippen LogP contribution in [0.5, 0.6) is 23.0 Å². The minimum absolute atomic E-state index is 0.0716. The predicted molar refractivity (Wildman–Crippen MR) is 99.9 cm³/mol. The maximum absolute atomic E-state index is 11.5. The zero-order valence-electron chi connectivity index (χ0n) is 15.1. The summed E-state index contributed by atoms with van der Waals surface area (Å²) in [6, 6.07) is 5.00. The molecule has 3 rings (SSSR count). The van der Waals surface area contributed by atoms with Crippen LogP contribution in [0.25, 0.3) is 11.3 Å². The van der Waals surface area contributed by atoms with Crippen LogP contribution in [0.4, 0.5) is 5.88 Å². The zero-order chi connectivity index (χ0) is 19.8. The number of nitrogens with zero attached hydrogens (tertiary/aromatic N) is 1. The van der Waals surface area contributed by atoms with Gasteiger partial charge in [0.15, 0.2) is 5.76 Å². The van der Waals surface area contributed by atoms with Gasteiger partial charge in [-0.15, -0.1) is 10.8 Å². The molecule has 1 aliphatic heterocycles. The summed E-state index contributed by atoms with van der Waals surface area (Å²) in [4.78, 5) is 11.5. The molecule has 0 amide bonds. The Bertz CT molecular complexity index is 841. The number of rotatable bonds is 5. The quantitative estimate of drug-likeness (QED) is 0.649. The molecule has 9 nitrogen and oxygen atoms in total. The van der Waals surface area contributed by atoms with Gasteiger partial charge in [-0.05, 0) is 18.6 Å². The topological polar surface area (TPSA) is 122 Å². The second-order valence-corrected chi connectivity index (χ2v) is 7.95. The van der Waals surface area contributed by atoms with Crippen LogP contribution in [0.1, 0.15) is 13.3 Å². The van der Waals surface area contributed by atoms with Crippen LogP contribution in [0.15, 0.2) is 22.6 Å². The Hall–Kier alpha value is -2.56. The summed E-state index contributed by atoms with van der Waals surface area (Å²) in [7, 11) is -0.245. The van der Waals surface area contributed by atoms with Gasteiger partial charge in [-0.1, -0.05) is 6.07 Å². The zero-order valence-corrected chi connectivity index (χ0v) is 15.9. The molecule has 148 valence electrons. The number of hydrogen-bond donors (Lipinski definition) is 3. The van der Waals surface area contributed by atoms with Crippen LogP contribution in [-0.4, -0.2) is 46.7 Å². The molecule has 2 aromatic rings. The summed E-state index contributed by atoms with van der Waals surface area (Å²) in [6.45, 7) is 1.44. The summed E-state index contributed by atoms with van der Waals surface area (Å²) in [6.07, 6.45) is 0.511. The van der Waals surface area contributed by atoms with E-state index in [0.717, 1.165) is 0 Å². The number of benzene rings is 1. The first-order valence-electron chi connectivity index (χ1n) is 8.09. The number of carbonyl (C=O) groups excluding carboxylic acids is 1. The van der Waals surface area contributed by atoms with Crippen molar-refractivity contribution in [3.63, 3.8) is 0 Å². The summed E-state index contributed by atoms with van der Waals surface area (Å²) in [5.41, 5.74) is 0.301. The van der Waals surface area contributed by atoms with Crippen molar-refractivity contribution < 1.29 is 37.6 Å².